The summed E-state index contributed by atoms with van der Waals surface area (Å²) in [5, 5.41) is 0. The van der Waals surface area contributed by atoms with Gasteiger partial charge in [0, 0.05) is 20.1 Å². The van der Waals surface area contributed by atoms with E-state index in [0.29, 0.717) is 18.9 Å². The van der Waals surface area contributed by atoms with Crippen LogP contribution in [0.25, 0.3) is 0 Å². The van der Waals surface area contributed by atoms with Gasteiger partial charge >= 0.3 is 5.97 Å². The molecule has 7 heteroatoms. The molecule has 0 unspecified atom stereocenters. The topological polar surface area (TPSA) is 88.8 Å². The third-order valence-electron chi connectivity index (χ3n) is 3.32. The van der Waals surface area contributed by atoms with Crippen molar-refractivity contribution < 1.29 is 14.3 Å². The average molecular weight is 278 g/mol. The van der Waals surface area contributed by atoms with Crippen molar-refractivity contribution in [3.8, 4) is 0 Å². The van der Waals surface area contributed by atoms with Crippen LogP contribution in [0.4, 0.5) is 11.5 Å². The smallest absolute Gasteiger partial charge is 0.340 e. The number of pyridine rings is 1. The first-order chi connectivity index (χ1) is 9.52. The lowest BCUT2D eigenvalue weighted by molar-refractivity contribution is -0.127. The molecule has 1 aromatic heterocycles. The highest BCUT2D eigenvalue weighted by molar-refractivity contribution is 5.95. The van der Waals surface area contributed by atoms with Gasteiger partial charge in [0.25, 0.3) is 0 Å². The maximum Gasteiger partial charge on any atom is 0.340 e. The lowest BCUT2D eigenvalue weighted by Gasteiger charge is -2.21. The molecule has 0 saturated carbocycles. The summed E-state index contributed by atoms with van der Waals surface area (Å²) < 4.78 is 4.68. The molecular formula is C13H18N4O3. The number of amides is 1. The van der Waals surface area contributed by atoms with Crippen LogP contribution < -0.4 is 10.6 Å². The molecule has 0 aliphatic carbocycles. The molecule has 20 heavy (non-hydrogen) atoms. The summed E-state index contributed by atoms with van der Waals surface area (Å²) in [5.41, 5.74) is 6.25. The van der Waals surface area contributed by atoms with E-state index < -0.39 is 5.97 Å². The molecule has 0 atom stereocenters. The molecule has 0 spiro atoms. The van der Waals surface area contributed by atoms with E-state index in [2.05, 4.69) is 9.72 Å². The predicted molar refractivity (Wildman–Crippen MR) is 74.5 cm³/mol. The molecular weight excluding hydrogens is 260 g/mol. The second kappa shape index (κ2) is 5.77. The second-order valence-corrected chi connectivity index (χ2v) is 4.71. The summed E-state index contributed by atoms with van der Waals surface area (Å²) in [6.45, 7) is 1.66. The Kier molecular flexibility index (Phi) is 4.07. The van der Waals surface area contributed by atoms with Crippen molar-refractivity contribution in [3.63, 3.8) is 0 Å². The van der Waals surface area contributed by atoms with Crippen LogP contribution in [-0.2, 0) is 9.53 Å². The van der Waals surface area contributed by atoms with E-state index in [1.54, 1.807) is 18.0 Å². The normalized spacial score (nSPS) is 16.0. The number of aromatic nitrogens is 1. The summed E-state index contributed by atoms with van der Waals surface area (Å²) in [6.07, 6.45) is 2.27. The molecule has 1 saturated heterocycles. The molecule has 108 valence electrons. The number of rotatable bonds is 2. The standard InChI is InChI=1S/C13H18N4O3/c1-16-4-3-5-17(8-12(16)18)11-6-9(13(19)20-2)10(14)7-15-11/h6-7H,3-5,8,14H2,1-2H3. The minimum Gasteiger partial charge on any atom is -0.465 e. The molecule has 2 N–H and O–H groups in total. The largest absolute Gasteiger partial charge is 0.465 e. The van der Waals surface area contributed by atoms with Crippen molar-refractivity contribution in [2.24, 2.45) is 0 Å². The lowest BCUT2D eigenvalue weighted by Crippen LogP contribution is -2.34. The second-order valence-electron chi connectivity index (χ2n) is 4.71. The number of nitrogens with zero attached hydrogens (tertiary/aromatic N) is 3. The molecule has 7 nitrogen and oxygen atoms in total. The number of esters is 1. The molecule has 2 heterocycles. The summed E-state index contributed by atoms with van der Waals surface area (Å²) in [7, 11) is 3.08. The SMILES string of the molecule is COC(=O)c1cc(N2CCCN(C)C(=O)C2)ncc1N. The van der Waals surface area contributed by atoms with Crippen molar-refractivity contribution in [2.45, 2.75) is 6.42 Å². The first-order valence-electron chi connectivity index (χ1n) is 6.35. The van der Waals surface area contributed by atoms with Crippen LogP contribution in [-0.4, -0.2) is 55.6 Å². The fourth-order valence-corrected chi connectivity index (χ4v) is 2.10. The first kappa shape index (κ1) is 14.1. The highest BCUT2D eigenvalue weighted by Gasteiger charge is 2.21. The maximum atomic E-state index is 11.9. The van der Waals surface area contributed by atoms with Crippen LogP contribution in [0.1, 0.15) is 16.8 Å². The van der Waals surface area contributed by atoms with Crippen LogP contribution in [0.5, 0.6) is 0 Å². The molecule has 0 aromatic carbocycles. The van der Waals surface area contributed by atoms with Crippen molar-refractivity contribution in [3.05, 3.63) is 17.8 Å². The number of likely N-dealkylation sites (N-methyl/N-ethyl adjacent to an activating group) is 1. The van der Waals surface area contributed by atoms with E-state index in [1.807, 2.05) is 4.90 Å². The Labute approximate surface area is 117 Å². The number of carbonyl (C=O) groups excluding carboxylic acids is 2. The van der Waals surface area contributed by atoms with Gasteiger partial charge in [0.1, 0.15) is 5.82 Å². The maximum absolute atomic E-state index is 11.9. The van der Waals surface area contributed by atoms with E-state index >= 15 is 0 Å². The van der Waals surface area contributed by atoms with Gasteiger partial charge < -0.3 is 20.3 Å². The lowest BCUT2D eigenvalue weighted by atomic mass is 10.2. The summed E-state index contributed by atoms with van der Waals surface area (Å²) in [5.74, 6) is 0.0772. The van der Waals surface area contributed by atoms with Crippen LogP contribution in [0, 0.1) is 0 Å². The Hall–Kier alpha value is -2.31. The zero-order valence-corrected chi connectivity index (χ0v) is 11.6. The Bertz CT molecular complexity index is 532. The van der Waals surface area contributed by atoms with Gasteiger partial charge in [-0.2, -0.15) is 0 Å². The zero-order valence-electron chi connectivity index (χ0n) is 11.6. The minimum atomic E-state index is -0.510. The number of ether oxygens (including phenoxy) is 1. The van der Waals surface area contributed by atoms with Gasteiger partial charge in [0.05, 0.1) is 31.1 Å². The van der Waals surface area contributed by atoms with Crippen molar-refractivity contribution >= 4 is 23.4 Å². The summed E-state index contributed by atoms with van der Waals surface area (Å²) in [6, 6.07) is 1.57. The minimum absolute atomic E-state index is 0.0285. The van der Waals surface area contributed by atoms with E-state index in [1.165, 1.54) is 13.3 Å². The zero-order chi connectivity index (χ0) is 14.7. The van der Waals surface area contributed by atoms with Gasteiger partial charge in [-0.15, -0.1) is 0 Å². The number of nitrogens with two attached hydrogens (primary N) is 1. The number of methoxy groups -OCH3 is 1. The molecule has 1 aliphatic heterocycles. The molecule has 2 rings (SSSR count). The number of carbonyl (C=O) groups is 2. The highest BCUT2D eigenvalue weighted by atomic mass is 16.5. The fourth-order valence-electron chi connectivity index (χ4n) is 2.10. The average Bonchev–Trinajstić information content (AvgIpc) is 2.61. The first-order valence-corrected chi connectivity index (χ1v) is 6.35. The third kappa shape index (κ3) is 2.81. The van der Waals surface area contributed by atoms with Gasteiger partial charge in [-0.1, -0.05) is 0 Å². The third-order valence-corrected chi connectivity index (χ3v) is 3.32. The molecule has 1 aliphatic rings. The van der Waals surface area contributed by atoms with Gasteiger partial charge in [-0.25, -0.2) is 9.78 Å². The van der Waals surface area contributed by atoms with Crippen molar-refractivity contribution in [1.82, 2.24) is 9.88 Å². The van der Waals surface area contributed by atoms with E-state index in [-0.39, 0.29) is 23.7 Å². The molecule has 1 aromatic rings. The quantitative estimate of drug-likeness (QED) is 0.773. The van der Waals surface area contributed by atoms with Gasteiger partial charge in [0.2, 0.25) is 5.91 Å². The van der Waals surface area contributed by atoms with Crippen molar-refractivity contribution in [2.75, 3.05) is 44.4 Å². The van der Waals surface area contributed by atoms with Crippen LogP contribution in [0.15, 0.2) is 12.3 Å². The van der Waals surface area contributed by atoms with E-state index in [9.17, 15) is 9.59 Å². The number of hydrogen-bond donors (Lipinski definition) is 1. The Morgan fingerprint density at radius 3 is 2.90 bits per heavy atom. The Morgan fingerprint density at radius 1 is 1.45 bits per heavy atom. The molecule has 1 amide bonds. The van der Waals surface area contributed by atoms with Crippen LogP contribution >= 0.6 is 0 Å². The molecule has 0 radical (unpaired) electrons. The van der Waals surface area contributed by atoms with E-state index in [4.69, 9.17) is 5.73 Å². The van der Waals surface area contributed by atoms with Gasteiger partial charge in [0.15, 0.2) is 0 Å². The van der Waals surface area contributed by atoms with Crippen LogP contribution in [0.3, 0.4) is 0 Å². The molecule has 0 bridgehead atoms. The summed E-state index contributed by atoms with van der Waals surface area (Å²) in [4.78, 5) is 31.3. The van der Waals surface area contributed by atoms with E-state index in [0.717, 1.165) is 6.42 Å². The highest BCUT2D eigenvalue weighted by Crippen LogP contribution is 2.20. The van der Waals surface area contributed by atoms with Gasteiger partial charge in [-0.05, 0) is 12.5 Å². The van der Waals surface area contributed by atoms with Crippen molar-refractivity contribution in [1.29, 1.82) is 0 Å². The monoisotopic (exact) mass is 278 g/mol. The number of nitrogen functional groups attached to an aromatic ring is 1. The van der Waals surface area contributed by atoms with Crippen LogP contribution in [0.2, 0.25) is 0 Å². The number of anilines is 2. The fraction of sp³-hybridized carbons (Fsp3) is 0.462. The Morgan fingerprint density at radius 2 is 2.20 bits per heavy atom. The summed E-state index contributed by atoms with van der Waals surface area (Å²) >= 11 is 0. The molecule has 1 fully saturated rings. The predicted octanol–water partition coefficient (Wildman–Crippen LogP) is 0.119. The van der Waals surface area contributed by atoms with Gasteiger partial charge in [-0.3, -0.25) is 4.79 Å². The Balaban J connectivity index is 2.28. The number of hydrogen-bond acceptors (Lipinski definition) is 6.